The molecule has 1 heterocycles. The van der Waals surface area contributed by atoms with Gasteiger partial charge in [0.05, 0.1) is 0 Å². The molecule has 0 saturated carbocycles. The molecule has 2 N–H and O–H groups in total. The first kappa shape index (κ1) is 8.52. The SMILES string of the molecule is Bc1ccc(N/C=C\C=N)nc1. The van der Waals surface area contributed by atoms with Gasteiger partial charge in [0.15, 0.2) is 0 Å². The maximum Gasteiger partial charge on any atom is 0.141 e. The standard InChI is InChI=1S/C8H10BN3/c9-7-2-3-8(12-6-7)11-5-1-4-10/h1-6,10H,9H2,(H,11,12)/b5-1-,10-4?. The van der Waals surface area contributed by atoms with Gasteiger partial charge >= 0.3 is 0 Å². The van der Waals surface area contributed by atoms with Crippen LogP contribution in [0.2, 0.25) is 0 Å². The minimum absolute atomic E-state index is 0.790. The van der Waals surface area contributed by atoms with Gasteiger partial charge in [-0.15, -0.1) is 0 Å². The first-order valence-electron chi connectivity index (χ1n) is 3.68. The van der Waals surface area contributed by atoms with E-state index in [2.05, 4.69) is 10.3 Å². The van der Waals surface area contributed by atoms with Gasteiger partial charge in [-0.3, -0.25) is 0 Å². The van der Waals surface area contributed by atoms with Crippen molar-refractivity contribution in [3.8, 4) is 0 Å². The maximum atomic E-state index is 6.73. The number of hydrogen-bond acceptors (Lipinski definition) is 3. The molecule has 0 atom stereocenters. The van der Waals surface area contributed by atoms with Crippen LogP contribution in [0.1, 0.15) is 0 Å². The van der Waals surface area contributed by atoms with Crippen LogP contribution in [0.25, 0.3) is 0 Å². The molecule has 0 saturated heterocycles. The maximum absolute atomic E-state index is 6.73. The van der Waals surface area contributed by atoms with E-state index in [0.29, 0.717) is 0 Å². The Morgan fingerprint density at radius 1 is 1.50 bits per heavy atom. The Labute approximate surface area is 72.4 Å². The average Bonchev–Trinajstić information content (AvgIpc) is 2.09. The van der Waals surface area contributed by atoms with Gasteiger partial charge in [-0.05, 0) is 12.1 Å². The van der Waals surface area contributed by atoms with Crippen molar-refractivity contribution >= 4 is 25.3 Å². The number of allylic oxidation sites excluding steroid dienone is 1. The molecule has 12 heavy (non-hydrogen) atoms. The quantitative estimate of drug-likeness (QED) is 0.478. The van der Waals surface area contributed by atoms with E-state index in [0.717, 1.165) is 11.3 Å². The average molecular weight is 159 g/mol. The number of nitrogens with one attached hydrogen (secondary N) is 2. The van der Waals surface area contributed by atoms with Crippen LogP contribution in [0.15, 0.2) is 30.6 Å². The topological polar surface area (TPSA) is 48.8 Å². The summed E-state index contributed by atoms with van der Waals surface area (Å²) in [5.74, 6) is 0.790. The van der Waals surface area contributed by atoms with E-state index in [9.17, 15) is 0 Å². The predicted octanol–water partition coefficient (Wildman–Crippen LogP) is -0.0848. The molecule has 60 valence electrons. The number of rotatable bonds is 3. The predicted molar refractivity (Wildman–Crippen MR) is 54.0 cm³/mol. The van der Waals surface area contributed by atoms with Gasteiger partial charge in [0, 0.05) is 18.6 Å². The summed E-state index contributed by atoms with van der Waals surface area (Å²) in [6.45, 7) is 0. The molecule has 1 aromatic rings. The van der Waals surface area contributed by atoms with Gasteiger partial charge in [0.1, 0.15) is 13.7 Å². The van der Waals surface area contributed by atoms with Crippen LogP contribution in [-0.2, 0) is 0 Å². The fourth-order valence-electron chi connectivity index (χ4n) is 0.735. The minimum atomic E-state index is 0.790. The lowest BCUT2D eigenvalue weighted by atomic mass is 9.99. The molecule has 1 rings (SSSR count). The third-order valence-electron chi connectivity index (χ3n) is 1.34. The number of pyridine rings is 1. The first-order valence-corrected chi connectivity index (χ1v) is 3.68. The summed E-state index contributed by atoms with van der Waals surface area (Å²) in [6.07, 6.45) is 6.27. The van der Waals surface area contributed by atoms with Crippen LogP contribution in [0.4, 0.5) is 5.82 Å². The molecular formula is C8H10BN3. The molecule has 0 aromatic carbocycles. The molecule has 0 unspecified atom stereocenters. The van der Waals surface area contributed by atoms with E-state index >= 15 is 0 Å². The van der Waals surface area contributed by atoms with Crippen molar-refractivity contribution in [3.05, 3.63) is 30.6 Å². The zero-order chi connectivity index (χ0) is 8.81. The molecule has 0 aliphatic heterocycles. The third kappa shape index (κ3) is 2.58. The van der Waals surface area contributed by atoms with Gasteiger partial charge in [0.25, 0.3) is 0 Å². The summed E-state index contributed by atoms with van der Waals surface area (Å²) >= 11 is 0. The largest absolute Gasteiger partial charge is 0.347 e. The number of aromatic nitrogens is 1. The second kappa shape index (κ2) is 4.33. The number of hydrogen-bond donors (Lipinski definition) is 2. The Morgan fingerprint density at radius 3 is 2.92 bits per heavy atom. The molecule has 0 bridgehead atoms. The molecular weight excluding hydrogens is 149 g/mol. The monoisotopic (exact) mass is 159 g/mol. The summed E-state index contributed by atoms with van der Waals surface area (Å²) in [5.41, 5.74) is 1.14. The fourth-order valence-corrected chi connectivity index (χ4v) is 0.735. The minimum Gasteiger partial charge on any atom is -0.347 e. The van der Waals surface area contributed by atoms with Gasteiger partial charge in [-0.25, -0.2) is 4.98 Å². The summed E-state index contributed by atoms with van der Waals surface area (Å²) in [7, 11) is 1.99. The highest BCUT2D eigenvalue weighted by Gasteiger charge is 1.87. The Balaban J connectivity index is 2.58. The molecule has 4 heteroatoms. The van der Waals surface area contributed by atoms with Gasteiger partial charge in [-0.1, -0.05) is 11.5 Å². The van der Waals surface area contributed by atoms with Crippen molar-refractivity contribution in [1.29, 1.82) is 5.41 Å². The van der Waals surface area contributed by atoms with Gasteiger partial charge in [0.2, 0.25) is 0 Å². The van der Waals surface area contributed by atoms with E-state index in [-0.39, 0.29) is 0 Å². The van der Waals surface area contributed by atoms with Crippen LogP contribution in [-0.4, -0.2) is 19.0 Å². The molecule has 3 nitrogen and oxygen atoms in total. The van der Waals surface area contributed by atoms with Crippen molar-refractivity contribution in [2.75, 3.05) is 5.32 Å². The molecule has 0 aliphatic rings. The first-order chi connectivity index (χ1) is 5.83. The summed E-state index contributed by atoms with van der Waals surface area (Å²) in [5, 5.41) is 9.66. The summed E-state index contributed by atoms with van der Waals surface area (Å²) < 4.78 is 0. The number of nitrogens with zero attached hydrogens (tertiary/aromatic N) is 1. The fraction of sp³-hybridized carbons (Fsp3) is 0. The lowest BCUT2D eigenvalue weighted by Crippen LogP contribution is -2.03. The lowest BCUT2D eigenvalue weighted by molar-refractivity contribution is 1.33. The molecule has 1 aromatic heterocycles. The Bertz CT molecular complexity index is 279. The van der Waals surface area contributed by atoms with Crippen LogP contribution >= 0.6 is 0 Å². The van der Waals surface area contributed by atoms with Crippen molar-refractivity contribution < 1.29 is 0 Å². The molecule has 0 aliphatic carbocycles. The summed E-state index contributed by atoms with van der Waals surface area (Å²) in [6, 6.07) is 3.87. The van der Waals surface area contributed by atoms with Crippen molar-refractivity contribution in [2.45, 2.75) is 0 Å². The molecule has 0 spiro atoms. The Morgan fingerprint density at radius 2 is 2.33 bits per heavy atom. The Kier molecular flexibility index (Phi) is 3.08. The Hall–Kier alpha value is -1.58. The summed E-state index contributed by atoms with van der Waals surface area (Å²) in [4.78, 5) is 4.11. The second-order valence-corrected chi connectivity index (χ2v) is 2.39. The second-order valence-electron chi connectivity index (χ2n) is 2.39. The van der Waals surface area contributed by atoms with E-state index < -0.39 is 0 Å². The van der Waals surface area contributed by atoms with Gasteiger partial charge in [-0.2, -0.15) is 0 Å². The smallest absolute Gasteiger partial charge is 0.141 e. The molecule has 0 fully saturated rings. The lowest BCUT2D eigenvalue weighted by Gasteiger charge is -1.98. The van der Waals surface area contributed by atoms with E-state index in [4.69, 9.17) is 5.41 Å². The van der Waals surface area contributed by atoms with Crippen molar-refractivity contribution in [1.82, 2.24) is 4.98 Å². The third-order valence-corrected chi connectivity index (χ3v) is 1.34. The zero-order valence-corrected chi connectivity index (χ0v) is 6.91. The van der Waals surface area contributed by atoms with Crippen LogP contribution in [0, 0.1) is 5.41 Å². The van der Waals surface area contributed by atoms with Gasteiger partial charge < -0.3 is 10.7 Å². The molecule has 0 amide bonds. The van der Waals surface area contributed by atoms with Crippen LogP contribution < -0.4 is 10.8 Å². The van der Waals surface area contributed by atoms with E-state index in [1.54, 1.807) is 18.5 Å². The molecule has 0 radical (unpaired) electrons. The number of anilines is 1. The van der Waals surface area contributed by atoms with E-state index in [1.165, 1.54) is 6.21 Å². The van der Waals surface area contributed by atoms with Crippen molar-refractivity contribution in [2.24, 2.45) is 0 Å². The zero-order valence-electron chi connectivity index (χ0n) is 6.91. The van der Waals surface area contributed by atoms with Crippen molar-refractivity contribution in [3.63, 3.8) is 0 Å². The highest BCUT2D eigenvalue weighted by atomic mass is 15.0. The highest BCUT2D eigenvalue weighted by molar-refractivity contribution is 6.32. The van der Waals surface area contributed by atoms with Crippen LogP contribution in [0.5, 0.6) is 0 Å². The van der Waals surface area contributed by atoms with E-state index in [1.807, 2.05) is 20.0 Å². The normalized spacial score (nSPS) is 10.0. The van der Waals surface area contributed by atoms with Crippen LogP contribution in [0.3, 0.4) is 0 Å². The highest BCUT2D eigenvalue weighted by Crippen LogP contribution is 1.96.